The molecular formula is C21H27N3O2. The third kappa shape index (κ3) is 6.51. The molecule has 0 saturated carbocycles. The number of carbonyl (C=O) groups is 2. The van der Waals surface area contributed by atoms with Gasteiger partial charge in [0.1, 0.15) is 0 Å². The number of ketones is 1. The number of carbonyl (C=O) groups excluding carboxylic acids is 2. The second-order valence-electron chi connectivity index (χ2n) is 5.84. The number of nitrogens with zero attached hydrogens (tertiary/aromatic N) is 1. The van der Waals surface area contributed by atoms with Gasteiger partial charge in [-0.2, -0.15) is 5.10 Å². The van der Waals surface area contributed by atoms with Gasteiger partial charge in [-0.25, -0.2) is 5.43 Å². The first-order chi connectivity index (χ1) is 12.5. The molecule has 0 aliphatic carbocycles. The van der Waals surface area contributed by atoms with Crippen LogP contribution in [0.4, 0.5) is 5.69 Å². The zero-order chi connectivity index (χ0) is 19.5. The summed E-state index contributed by atoms with van der Waals surface area (Å²) in [4.78, 5) is 24.2. The topological polar surface area (TPSA) is 84.5 Å². The van der Waals surface area contributed by atoms with Crippen molar-refractivity contribution in [2.45, 2.75) is 34.1 Å². The van der Waals surface area contributed by atoms with E-state index < -0.39 is 0 Å². The minimum Gasteiger partial charge on any atom is -0.398 e. The molecule has 1 amide bonds. The molecule has 5 nitrogen and oxygen atoms in total. The smallest absolute Gasteiger partial charge is 0.271 e. The summed E-state index contributed by atoms with van der Waals surface area (Å²) in [5.74, 6) is -0.0911. The highest BCUT2D eigenvalue weighted by molar-refractivity contribution is 6.00. The van der Waals surface area contributed by atoms with Crippen molar-refractivity contribution in [1.29, 1.82) is 0 Å². The number of Topliss-reactive ketones (excluding diaryl/α,β-unsaturated/α-hetero) is 1. The standard InChI is InChI=1S/C19H21N3O2.C2H6/c1-13(2)12-21-22-19(24)15-9-7-14(8-10-15)18(23)11-16-5-3-4-6-17(16)20;1-2/h3-10,12-13H,11,20H2,1-2H3,(H,22,24);1-2H3/b21-12+;. The second-order valence-corrected chi connectivity index (χ2v) is 5.84. The van der Waals surface area contributed by atoms with Gasteiger partial charge in [0.15, 0.2) is 5.78 Å². The van der Waals surface area contributed by atoms with Crippen molar-refractivity contribution in [2.75, 3.05) is 5.73 Å². The number of para-hydroxylation sites is 1. The highest BCUT2D eigenvalue weighted by Crippen LogP contribution is 2.14. The Balaban J connectivity index is 0.00000163. The zero-order valence-corrected chi connectivity index (χ0v) is 15.8. The van der Waals surface area contributed by atoms with Crippen molar-refractivity contribution in [3.63, 3.8) is 0 Å². The average molecular weight is 353 g/mol. The maximum Gasteiger partial charge on any atom is 0.271 e. The SMILES string of the molecule is CC.CC(C)/C=N/NC(=O)c1ccc(C(=O)Cc2ccccc2N)cc1. The summed E-state index contributed by atoms with van der Waals surface area (Å²) in [6.45, 7) is 7.94. The molecule has 0 spiro atoms. The lowest BCUT2D eigenvalue weighted by molar-refractivity contribution is 0.0951. The predicted octanol–water partition coefficient (Wildman–Crippen LogP) is 4.09. The number of benzene rings is 2. The van der Waals surface area contributed by atoms with Gasteiger partial charge < -0.3 is 5.73 Å². The van der Waals surface area contributed by atoms with E-state index in [9.17, 15) is 9.59 Å². The molecule has 0 aliphatic heterocycles. The van der Waals surface area contributed by atoms with Crippen molar-refractivity contribution in [2.24, 2.45) is 11.0 Å². The Morgan fingerprint density at radius 3 is 2.19 bits per heavy atom. The van der Waals surface area contributed by atoms with Crippen LogP contribution in [0.5, 0.6) is 0 Å². The monoisotopic (exact) mass is 353 g/mol. The fourth-order valence-corrected chi connectivity index (χ4v) is 2.09. The fourth-order valence-electron chi connectivity index (χ4n) is 2.09. The summed E-state index contributed by atoms with van der Waals surface area (Å²) in [6, 6.07) is 13.8. The van der Waals surface area contributed by atoms with Gasteiger partial charge in [0, 0.05) is 29.4 Å². The summed E-state index contributed by atoms with van der Waals surface area (Å²) in [7, 11) is 0. The molecule has 0 radical (unpaired) electrons. The number of anilines is 1. The van der Waals surface area contributed by atoms with E-state index >= 15 is 0 Å². The number of hydrogen-bond acceptors (Lipinski definition) is 4. The number of rotatable bonds is 6. The molecule has 2 aromatic carbocycles. The summed E-state index contributed by atoms with van der Waals surface area (Å²) < 4.78 is 0. The first-order valence-corrected chi connectivity index (χ1v) is 8.77. The van der Waals surface area contributed by atoms with E-state index in [-0.39, 0.29) is 24.0 Å². The van der Waals surface area contributed by atoms with Crippen LogP contribution in [0, 0.1) is 5.92 Å². The normalized spacial score (nSPS) is 10.3. The second kappa shape index (κ2) is 10.8. The number of hydrazone groups is 1. The highest BCUT2D eigenvalue weighted by atomic mass is 16.2. The Morgan fingerprint density at radius 2 is 1.62 bits per heavy atom. The van der Waals surface area contributed by atoms with Gasteiger partial charge in [0.25, 0.3) is 5.91 Å². The first kappa shape index (κ1) is 21.1. The van der Waals surface area contributed by atoms with E-state index in [0.29, 0.717) is 16.8 Å². The molecule has 0 atom stereocenters. The van der Waals surface area contributed by atoms with Crippen molar-refractivity contribution in [1.82, 2.24) is 5.43 Å². The quantitative estimate of drug-likeness (QED) is 0.355. The van der Waals surface area contributed by atoms with E-state index in [1.54, 1.807) is 36.5 Å². The van der Waals surface area contributed by atoms with Crippen LogP contribution in [-0.4, -0.2) is 17.9 Å². The van der Waals surface area contributed by atoms with Crippen LogP contribution in [0.1, 0.15) is 54.0 Å². The van der Waals surface area contributed by atoms with Crippen LogP contribution < -0.4 is 11.2 Å². The lowest BCUT2D eigenvalue weighted by atomic mass is 10.0. The van der Waals surface area contributed by atoms with Crippen LogP contribution in [0.25, 0.3) is 0 Å². The number of hydrogen-bond donors (Lipinski definition) is 2. The number of amides is 1. The largest absolute Gasteiger partial charge is 0.398 e. The van der Waals surface area contributed by atoms with Gasteiger partial charge >= 0.3 is 0 Å². The lowest BCUT2D eigenvalue weighted by Crippen LogP contribution is -2.18. The fraction of sp³-hybridized carbons (Fsp3) is 0.286. The molecule has 26 heavy (non-hydrogen) atoms. The Kier molecular flexibility index (Phi) is 8.78. The zero-order valence-electron chi connectivity index (χ0n) is 15.8. The van der Waals surface area contributed by atoms with Gasteiger partial charge in [-0.3, -0.25) is 9.59 Å². The summed E-state index contributed by atoms with van der Waals surface area (Å²) in [5, 5.41) is 3.86. The van der Waals surface area contributed by atoms with E-state index in [2.05, 4.69) is 10.5 Å². The minimum absolute atomic E-state index is 0.0438. The van der Waals surface area contributed by atoms with E-state index in [4.69, 9.17) is 5.73 Å². The number of nitrogen functional groups attached to an aromatic ring is 1. The van der Waals surface area contributed by atoms with Crippen molar-refractivity contribution >= 4 is 23.6 Å². The van der Waals surface area contributed by atoms with Gasteiger partial charge in [-0.05, 0) is 29.7 Å². The number of nitrogens with two attached hydrogens (primary N) is 1. The van der Waals surface area contributed by atoms with Gasteiger partial charge in [0.2, 0.25) is 0 Å². The van der Waals surface area contributed by atoms with Gasteiger partial charge in [-0.1, -0.05) is 58.0 Å². The van der Waals surface area contributed by atoms with Gasteiger partial charge in [-0.15, -0.1) is 0 Å². The van der Waals surface area contributed by atoms with Crippen LogP contribution in [0.3, 0.4) is 0 Å². The van der Waals surface area contributed by atoms with Crippen molar-refractivity contribution in [3.8, 4) is 0 Å². The van der Waals surface area contributed by atoms with E-state index in [1.807, 2.05) is 45.9 Å². The predicted molar refractivity (Wildman–Crippen MR) is 107 cm³/mol. The highest BCUT2D eigenvalue weighted by Gasteiger charge is 2.10. The lowest BCUT2D eigenvalue weighted by Gasteiger charge is -2.06. The van der Waals surface area contributed by atoms with Gasteiger partial charge in [0.05, 0.1) is 0 Å². The molecule has 0 heterocycles. The molecule has 0 bridgehead atoms. The van der Waals surface area contributed by atoms with Crippen molar-refractivity contribution in [3.05, 3.63) is 65.2 Å². The van der Waals surface area contributed by atoms with Crippen molar-refractivity contribution < 1.29 is 9.59 Å². The molecule has 0 aromatic heterocycles. The maximum absolute atomic E-state index is 12.3. The molecule has 5 heteroatoms. The third-order valence-corrected chi connectivity index (χ3v) is 3.41. The van der Waals surface area contributed by atoms with Crippen LogP contribution >= 0.6 is 0 Å². The minimum atomic E-state index is -0.307. The average Bonchev–Trinajstić information content (AvgIpc) is 2.65. The van der Waals surface area contributed by atoms with Crippen LogP contribution in [0.15, 0.2) is 53.6 Å². The Morgan fingerprint density at radius 1 is 1.04 bits per heavy atom. The van der Waals surface area contributed by atoms with Crippen LogP contribution in [-0.2, 0) is 6.42 Å². The summed E-state index contributed by atoms with van der Waals surface area (Å²) >= 11 is 0. The molecule has 0 fully saturated rings. The Bertz CT molecular complexity index is 750. The molecule has 2 rings (SSSR count). The summed E-state index contributed by atoms with van der Waals surface area (Å²) in [5.41, 5.74) is 10.7. The molecule has 0 saturated heterocycles. The molecule has 0 unspecified atom stereocenters. The molecule has 0 aliphatic rings. The molecule has 3 N–H and O–H groups in total. The van der Waals surface area contributed by atoms with Crippen LogP contribution in [0.2, 0.25) is 0 Å². The Labute approximate surface area is 155 Å². The maximum atomic E-state index is 12.3. The number of nitrogens with one attached hydrogen (secondary N) is 1. The summed E-state index contributed by atoms with van der Waals surface area (Å²) in [6.07, 6.45) is 1.89. The molecule has 138 valence electrons. The molecule has 2 aromatic rings. The third-order valence-electron chi connectivity index (χ3n) is 3.41. The van der Waals surface area contributed by atoms with E-state index in [0.717, 1.165) is 5.56 Å². The Hall–Kier alpha value is -2.95. The first-order valence-electron chi connectivity index (χ1n) is 8.77. The van der Waals surface area contributed by atoms with E-state index in [1.165, 1.54) is 0 Å². The molecular weight excluding hydrogens is 326 g/mol.